The number of rotatable bonds is 5. The molecule has 0 aliphatic carbocycles. The molecular formula is C22H24N2O3. The maximum atomic E-state index is 13.2. The molecule has 140 valence electrons. The fourth-order valence-electron chi connectivity index (χ4n) is 3.22. The summed E-state index contributed by atoms with van der Waals surface area (Å²) in [4.78, 5) is 19.4. The number of pyridine rings is 1. The van der Waals surface area contributed by atoms with Gasteiger partial charge in [0.1, 0.15) is 5.75 Å². The summed E-state index contributed by atoms with van der Waals surface area (Å²) in [6.45, 7) is 6.34. The maximum absolute atomic E-state index is 13.2. The molecule has 0 fully saturated rings. The molecule has 0 unspecified atom stereocenters. The number of carbonyl (C=O) groups excluding carboxylic acids is 1. The van der Waals surface area contributed by atoms with Crippen molar-refractivity contribution in [2.24, 2.45) is 0 Å². The number of phenols is 1. The van der Waals surface area contributed by atoms with Gasteiger partial charge >= 0.3 is 0 Å². The normalized spacial score (nSPS) is 12.1. The lowest BCUT2D eigenvalue weighted by atomic mass is 10.0. The molecule has 0 saturated carbocycles. The van der Waals surface area contributed by atoms with Crippen LogP contribution in [0.15, 0.2) is 48.5 Å². The molecule has 2 N–H and O–H groups in total. The summed E-state index contributed by atoms with van der Waals surface area (Å²) in [5, 5.41) is 21.0. The Kier molecular flexibility index (Phi) is 5.42. The molecule has 1 heterocycles. The van der Waals surface area contributed by atoms with Crippen LogP contribution >= 0.6 is 0 Å². The van der Waals surface area contributed by atoms with E-state index in [0.717, 1.165) is 22.2 Å². The molecule has 5 heteroatoms. The van der Waals surface area contributed by atoms with E-state index in [1.165, 1.54) is 6.07 Å². The maximum Gasteiger partial charge on any atom is 0.254 e. The van der Waals surface area contributed by atoms with E-state index >= 15 is 0 Å². The fraction of sp³-hybridized carbons (Fsp3) is 0.273. The van der Waals surface area contributed by atoms with Crippen LogP contribution < -0.4 is 0 Å². The highest BCUT2D eigenvalue weighted by atomic mass is 16.3. The molecule has 1 aromatic heterocycles. The fourth-order valence-corrected chi connectivity index (χ4v) is 3.22. The number of aliphatic hydroxyl groups excluding tert-OH is 1. The summed E-state index contributed by atoms with van der Waals surface area (Å²) in [7, 11) is 0. The molecule has 27 heavy (non-hydrogen) atoms. The smallest absolute Gasteiger partial charge is 0.254 e. The van der Waals surface area contributed by atoms with E-state index in [4.69, 9.17) is 0 Å². The topological polar surface area (TPSA) is 73.7 Å². The Morgan fingerprint density at radius 2 is 1.93 bits per heavy atom. The van der Waals surface area contributed by atoms with Gasteiger partial charge in [-0.3, -0.25) is 9.78 Å². The average Bonchev–Trinajstić information content (AvgIpc) is 2.65. The number of aliphatic hydroxyl groups is 1. The standard InChI is InChI=1S/C22H24N2O3/c1-4-24(13-21(26)16-6-5-7-17(25)12-16)22(27)19-11-15(3)23-20-9-8-14(2)10-18(19)20/h5-12,21,25-26H,4,13H2,1-3H3/t21-/m0/s1. The number of aromatic hydroxyl groups is 1. The number of amides is 1. The van der Waals surface area contributed by atoms with Gasteiger partial charge in [-0.25, -0.2) is 0 Å². The molecule has 3 rings (SSSR count). The van der Waals surface area contributed by atoms with Gasteiger partial charge in [0.25, 0.3) is 5.91 Å². The van der Waals surface area contributed by atoms with Crippen molar-refractivity contribution in [3.63, 3.8) is 0 Å². The van der Waals surface area contributed by atoms with Crippen LogP contribution in [-0.4, -0.2) is 39.1 Å². The van der Waals surface area contributed by atoms with Crippen LogP contribution in [0, 0.1) is 13.8 Å². The Labute approximate surface area is 158 Å². The second-order valence-corrected chi connectivity index (χ2v) is 6.79. The van der Waals surface area contributed by atoms with Crippen LogP contribution in [0.2, 0.25) is 0 Å². The van der Waals surface area contributed by atoms with Crippen LogP contribution in [0.4, 0.5) is 0 Å². The third-order valence-electron chi connectivity index (χ3n) is 4.64. The average molecular weight is 364 g/mol. The Bertz CT molecular complexity index is 984. The van der Waals surface area contributed by atoms with Gasteiger partial charge in [0.15, 0.2) is 0 Å². The van der Waals surface area contributed by atoms with Gasteiger partial charge in [-0.05, 0) is 56.7 Å². The van der Waals surface area contributed by atoms with Crippen LogP contribution in [0.1, 0.15) is 40.2 Å². The molecule has 0 aliphatic heterocycles. The first kappa shape index (κ1) is 18.9. The monoisotopic (exact) mass is 364 g/mol. The lowest BCUT2D eigenvalue weighted by Crippen LogP contribution is -2.34. The highest BCUT2D eigenvalue weighted by molar-refractivity contribution is 6.06. The van der Waals surface area contributed by atoms with Gasteiger partial charge in [-0.15, -0.1) is 0 Å². The molecule has 0 saturated heterocycles. The van der Waals surface area contributed by atoms with Gasteiger partial charge in [-0.1, -0.05) is 23.8 Å². The number of likely N-dealkylation sites (N-methyl/N-ethyl adjacent to an activating group) is 1. The minimum Gasteiger partial charge on any atom is -0.508 e. The summed E-state index contributed by atoms with van der Waals surface area (Å²) in [5.41, 5.74) is 3.79. The molecule has 2 aromatic carbocycles. The van der Waals surface area contributed by atoms with Crippen LogP contribution in [0.25, 0.3) is 10.9 Å². The molecule has 1 amide bonds. The number of nitrogens with zero attached hydrogens (tertiary/aromatic N) is 2. The summed E-state index contributed by atoms with van der Waals surface area (Å²) in [6.07, 6.45) is -0.878. The van der Waals surface area contributed by atoms with Crippen molar-refractivity contribution < 1.29 is 15.0 Å². The van der Waals surface area contributed by atoms with E-state index in [1.807, 2.05) is 39.0 Å². The molecule has 0 radical (unpaired) electrons. The third kappa shape index (κ3) is 4.09. The van der Waals surface area contributed by atoms with E-state index in [1.54, 1.807) is 29.2 Å². The van der Waals surface area contributed by atoms with E-state index in [2.05, 4.69) is 4.98 Å². The van der Waals surface area contributed by atoms with Crippen molar-refractivity contribution in [1.82, 2.24) is 9.88 Å². The first-order chi connectivity index (χ1) is 12.9. The van der Waals surface area contributed by atoms with Gasteiger partial charge in [0.2, 0.25) is 0 Å². The second-order valence-electron chi connectivity index (χ2n) is 6.79. The largest absolute Gasteiger partial charge is 0.508 e. The van der Waals surface area contributed by atoms with E-state index in [9.17, 15) is 15.0 Å². The number of benzene rings is 2. The number of carbonyl (C=O) groups is 1. The third-order valence-corrected chi connectivity index (χ3v) is 4.64. The van der Waals surface area contributed by atoms with Crippen molar-refractivity contribution in [3.8, 4) is 5.75 Å². The van der Waals surface area contributed by atoms with Gasteiger partial charge < -0.3 is 15.1 Å². The highest BCUT2D eigenvalue weighted by Crippen LogP contribution is 2.24. The Morgan fingerprint density at radius 3 is 2.63 bits per heavy atom. The van der Waals surface area contributed by atoms with Gasteiger partial charge in [0, 0.05) is 17.6 Å². The predicted octanol–water partition coefficient (Wildman–Crippen LogP) is 3.75. The number of aromatic nitrogens is 1. The van der Waals surface area contributed by atoms with Crippen molar-refractivity contribution in [2.75, 3.05) is 13.1 Å². The SMILES string of the molecule is CCN(C[C@H](O)c1cccc(O)c1)C(=O)c1cc(C)nc2ccc(C)cc12. The van der Waals surface area contributed by atoms with Gasteiger partial charge in [-0.2, -0.15) is 0 Å². The summed E-state index contributed by atoms with van der Waals surface area (Å²) >= 11 is 0. The number of fused-ring (bicyclic) bond motifs is 1. The van der Waals surface area contributed by atoms with Crippen LogP contribution in [0.3, 0.4) is 0 Å². The Hall–Kier alpha value is -2.92. The van der Waals surface area contributed by atoms with Gasteiger partial charge in [0.05, 0.1) is 23.7 Å². The molecule has 1 atom stereocenters. The zero-order chi connectivity index (χ0) is 19.6. The highest BCUT2D eigenvalue weighted by Gasteiger charge is 2.21. The second kappa shape index (κ2) is 7.76. The van der Waals surface area contributed by atoms with Crippen molar-refractivity contribution in [2.45, 2.75) is 26.9 Å². The Morgan fingerprint density at radius 1 is 1.15 bits per heavy atom. The lowest BCUT2D eigenvalue weighted by Gasteiger charge is -2.25. The summed E-state index contributed by atoms with van der Waals surface area (Å²) in [6, 6.07) is 14.1. The lowest BCUT2D eigenvalue weighted by molar-refractivity contribution is 0.0636. The molecule has 5 nitrogen and oxygen atoms in total. The predicted molar refractivity (Wildman–Crippen MR) is 106 cm³/mol. The zero-order valence-electron chi connectivity index (χ0n) is 15.8. The zero-order valence-corrected chi connectivity index (χ0v) is 15.8. The van der Waals surface area contributed by atoms with Crippen LogP contribution in [-0.2, 0) is 0 Å². The summed E-state index contributed by atoms with van der Waals surface area (Å²) in [5.74, 6) is -0.0510. The van der Waals surface area contributed by atoms with Crippen LogP contribution in [0.5, 0.6) is 5.75 Å². The van der Waals surface area contributed by atoms with E-state index in [0.29, 0.717) is 17.7 Å². The minimum atomic E-state index is -0.878. The van der Waals surface area contributed by atoms with Crippen molar-refractivity contribution >= 4 is 16.8 Å². The number of aryl methyl sites for hydroxylation is 2. The number of hydrogen-bond acceptors (Lipinski definition) is 4. The first-order valence-electron chi connectivity index (χ1n) is 9.03. The quantitative estimate of drug-likeness (QED) is 0.723. The molecule has 0 bridgehead atoms. The first-order valence-corrected chi connectivity index (χ1v) is 9.03. The number of hydrogen-bond donors (Lipinski definition) is 2. The van der Waals surface area contributed by atoms with E-state index < -0.39 is 6.10 Å². The Balaban J connectivity index is 1.93. The molecule has 0 spiro atoms. The molecule has 0 aliphatic rings. The van der Waals surface area contributed by atoms with Crippen molar-refractivity contribution in [3.05, 3.63) is 70.9 Å². The van der Waals surface area contributed by atoms with E-state index in [-0.39, 0.29) is 18.2 Å². The van der Waals surface area contributed by atoms with Crippen molar-refractivity contribution in [1.29, 1.82) is 0 Å². The summed E-state index contributed by atoms with van der Waals surface area (Å²) < 4.78 is 0. The molecular weight excluding hydrogens is 340 g/mol. The number of phenolic OH excluding ortho intramolecular Hbond substituents is 1. The molecule has 3 aromatic rings. The minimum absolute atomic E-state index is 0.0900.